The van der Waals surface area contributed by atoms with Gasteiger partial charge in [0, 0.05) is 17.5 Å². The number of nitrogens with one attached hydrogen (secondary N) is 2. The molecule has 4 rings (SSSR count). The zero-order valence-corrected chi connectivity index (χ0v) is 18.8. The Kier molecular flexibility index (Phi) is 6.40. The Labute approximate surface area is 181 Å². The average molecular weight is 449 g/mol. The third-order valence-electron chi connectivity index (χ3n) is 6.04. The molecule has 7 nitrogen and oxygen atoms in total. The first-order valence-electron chi connectivity index (χ1n) is 10.5. The molecule has 2 fully saturated rings. The molecule has 0 saturated carbocycles. The number of hydrogen-bond acceptors (Lipinski definition) is 6. The number of fused-ring (bicyclic) bond motifs is 1. The molecule has 1 aromatic carbocycles. The molecule has 2 atom stereocenters. The van der Waals surface area contributed by atoms with Crippen molar-refractivity contribution in [2.24, 2.45) is 5.92 Å². The summed E-state index contributed by atoms with van der Waals surface area (Å²) in [6.07, 6.45) is 6.07. The lowest BCUT2D eigenvalue weighted by Crippen LogP contribution is -2.51. The van der Waals surface area contributed by atoms with Gasteiger partial charge in [-0.3, -0.25) is 9.52 Å². The molecule has 0 spiro atoms. The molecule has 0 aliphatic carbocycles. The van der Waals surface area contributed by atoms with E-state index >= 15 is 0 Å². The molecule has 162 valence electrons. The van der Waals surface area contributed by atoms with E-state index in [0.29, 0.717) is 29.1 Å². The lowest BCUT2D eigenvalue weighted by atomic mass is 9.83. The molecular weight excluding hydrogens is 420 g/mol. The van der Waals surface area contributed by atoms with Gasteiger partial charge in [-0.05, 0) is 63.7 Å². The number of piperidine rings is 2. The Balaban J connectivity index is 1.40. The van der Waals surface area contributed by atoms with Crippen molar-refractivity contribution < 1.29 is 13.2 Å². The molecule has 1 amide bonds. The number of aromatic nitrogens is 1. The molecule has 30 heavy (non-hydrogen) atoms. The highest BCUT2D eigenvalue weighted by molar-refractivity contribution is 7.93. The predicted molar refractivity (Wildman–Crippen MR) is 118 cm³/mol. The van der Waals surface area contributed by atoms with Gasteiger partial charge in [-0.15, -0.1) is 11.3 Å². The van der Waals surface area contributed by atoms with Crippen LogP contribution in [0.4, 0.5) is 5.13 Å². The van der Waals surface area contributed by atoms with Crippen molar-refractivity contribution in [2.75, 3.05) is 24.4 Å². The van der Waals surface area contributed by atoms with E-state index in [1.165, 1.54) is 62.2 Å². The molecular formula is C21H28N4O3S2. The molecule has 9 heteroatoms. The van der Waals surface area contributed by atoms with Crippen molar-refractivity contribution in [1.82, 2.24) is 15.2 Å². The molecule has 2 aromatic rings. The quantitative estimate of drug-likeness (QED) is 0.708. The second kappa shape index (κ2) is 9.03. The van der Waals surface area contributed by atoms with Crippen LogP contribution in [0.25, 0.3) is 0 Å². The Morgan fingerprint density at radius 2 is 1.93 bits per heavy atom. The largest absolute Gasteiger partial charge is 0.350 e. The van der Waals surface area contributed by atoms with Crippen molar-refractivity contribution in [3.63, 3.8) is 0 Å². The summed E-state index contributed by atoms with van der Waals surface area (Å²) in [5, 5.41) is 3.26. The molecule has 3 heterocycles. The van der Waals surface area contributed by atoms with Gasteiger partial charge in [-0.25, -0.2) is 13.4 Å². The van der Waals surface area contributed by atoms with E-state index in [0.717, 1.165) is 6.42 Å². The third-order valence-corrected chi connectivity index (χ3v) is 8.41. The fourth-order valence-corrected chi connectivity index (χ4v) is 6.61. The van der Waals surface area contributed by atoms with Crippen molar-refractivity contribution in [2.45, 2.75) is 50.0 Å². The summed E-state index contributed by atoms with van der Waals surface area (Å²) in [6, 6.07) is 8.70. The van der Waals surface area contributed by atoms with Crippen molar-refractivity contribution in [3.8, 4) is 0 Å². The maximum absolute atomic E-state index is 12.8. The van der Waals surface area contributed by atoms with E-state index in [4.69, 9.17) is 0 Å². The summed E-state index contributed by atoms with van der Waals surface area (Å²) in [4.78, 5) is 20.5. The summed E-state index contributed by atoms with van der Waals surface area (Å²) in [5.74, 6) is 0.236. The van der Waals surface area contributed by atoms with Crippen LogP contribution in [0.3, 0.4) is 0 Å². The number of amides is 1. The van der Waals surface area contributed by atoms with Gasteiger partial charge in [-0.2, -0.15) is 0 Å². The van der Waals surface area contributed by atoms with Crippen molar-refractivity contribution in [1.29, 1.82) is 0 Å². The first kappa shape index (κ1) is 21.3. The van der Waals surface area contributed by atoms with Crippen LogP contribution in [-0.4, -0.2) is 49.9 Å². The van der Waals surface area contributed by atoms with Crippen LogP contribution in [0.2, 0.25) is 0 Å². The summed E-state index contributed by atoms with van der Waals surface area (Å²) < 4.78 is 27.5. The van der Waals surface area contributed by atoms with Crippen LogP contribution >= 0.6 is 11.3 Å². The number of benzene rings is 1. The summed E-state index contributed by atoms with van der Waals surface area (Å²) in [6.45, 7) is 4.77. The standard InChI is InChI=1S/C21H28N4O3S2/c1-15-19(23-21(29-15)24-30(27,28)17-9-3-2-4-10-17)20(26)22-14-16-8-7-13-25-12-6-5-11-18(16)25/h2-4,9-10,16,18H,5-8,11-14H2,1H3,(H,22,26)(H,23,24)/t16-,18+/m0/s1. The van der Waals surface area contributed by atoms with Gasteiger partial charge in [0.05, 0.1) is 4.90 Å². The number of hydrogen-bond donors (Lipinski definition) is 2. The lowest BCUT2D eigenvalue weighted by molar-refractivity contribution is 0.0575. The van der Waals surface area contributed by atoms with Gasteiger partial charge in [0.15, 0.2) is 5.13 Å². The zero-order chi connectivity index (χ0) is 21.1. The topological polar surface area (TPSA) is 91.4 Å². The number of carbonyl (C=O) groups is 1. The average Bonchev–Trinajstić information content (AvgIpc) is 3.12. The van der Waals surface area contributed by atoms with E-state index < -0.39 is 10.0 Å². The van der Waals surface area contributed by atoms with E-state index in [2.05, 4.69) is 19.9 Å². The second-order valence-electron chi connectivity index (χ2n) is 8.05. The number of rotatable bonds is 6. The number of carbonyl (C=O) groups excluding carboxylic acids is 1. The molecule has 1 aromatic heterocycles. The normalized spacial score (nSPS) is 22.3. The first-order valence-corrected chi connectivity index (χ1v) is 12.8. The Morgan fingerprint density at radius 1 is 1.17 bits per heavy atom. The van der Waals surface area contributed by atoms with E-state index in [1.807, 2.05) is 0 Å². The highest BCUT2D eigenvalue weighted by Crippen LogP contribution is 2.31. The number of thiazole rings is 1. The van der Waals surface area contributed by atoms with Gasteiger partial charge in [0.2, 0.25) is 0 Å². The van der Waals surface area contributed by atoms with Crippen LogP contribution in [-0.2, 0) is 10.0 Å². The lowest BCUT2D eigenvalue weighted by Gasteiger charge is -2.44. The Bertz CT molecular complexity index is 989. The molecule has 0 bridgehead atoms. The molecule has 2 N–H and O–H groups in total. The highest BCUT2D eigenvalue weighted by atomic mass is 32.2. The highest BCUT2D eigenvalue weighted by Gasteiger charge is 2.33. The summed E-state index contributed by atoms with van der Waals surface area (Å²) in [7, 11) is -3.72. The van der Waals surface area contributed by atoms with Gasteiger partial charge in [0.25, 0.3) is 15.9 Å². The molecule has 2 saturated heterocycles. The molecule has 0 radical (unpaired) electrons. The van der Waals surface area contributed by atoms with Crippen molar-refractivity contribution in [3.05, 3.63) is 40.9 Å². The van der Waals surface area contributed by atoms with E-state index in [-0.39, 0.29) is 15.9 Å². The van der Waals surface area contributed by atoms with E-state index in [1.54, 1.807) is 25.1 Å². The van der Waals surface area contributed by atoms with Gasteiger partial charge in [-0.1, -0.05) is 24.6 Å². The minimum absolute atomic E-state index is 0.165. The monoisotopic (exact) mass is 448 g/mol. The zero-order valence-electron chi connectivity index (χ0n) is 17.1. The maximum Gasteiger partial charge on any atom is 0.271 e. The minimum Gasteiger partial charge on any atom is -0.350 e. The van der Waals surface area contributed by atoms with Crippen molar-refractivity contribution >= 4 is 32.4 Å². The fourth-order valence-electron chi connectivity index (χ4n) is 4.55. The fraction of sp³-hybridized carbons (Fsp3) is 0.524. The van der Waals surface area contributed by atoms with Crippen LogP contribution in [0.15, 0.2) is 35.2 Å². The van der Waals surface area contributed by atoms with E-state index in [9.17, 15) is 13.2 Å². The number of nitrogens with zero attached hydrogens (tertiary/aromatic N) is 2. The third kappa shape index (κ3) is 4.68. The first-order chi connectivity index (χ1) is 14.4. The van der Waals surface area contributed by atoms with Gasteiger partial charge < -0.3 is 10.2 Å². The molecule has 0 unspecified atom stereocenters. The van der Waals surface area contributed by atoms with Crippen LogP contribution < -0.4 is 10.0 Å². The smallest absolute Gasteiger partial charge is 0.271 e. The SMILES string of the molecule is Cc1sc(NS(=O)(=O)c2ccccc2)nc1C(=O)NC[C@@H]1CCCN2CCCC[C@H]12. The summed E-state index contributed by atoms with van der Waals surface area (Å²) in [5.41, 5.74) is 0.294. The predicted octanol–water partition coefficient (Wildman–Crippen LogP) is 3.25. The molecule has 2 aliphatic heterocycles. The van der Waals surface area contributed by atoms with Crippen LogP contribution in [0.1, 0.15) is 47.5 Å². The Hall–Kier alpha value is -1.97. The van der Waals surface area contributed by atoms with Crippen LogP contribution in [0.5, 0.6) is 0 Å². The number of aryl methyl sites for hydroxylation is 1. The minimum atomic E-state index is -3.72. The maximum atomic E-state index is 12.8. The van der Waals surface area contributed by atoms with Crippen LogP contribution in [0, 0.1) is 12.8 Å². The van der Waals surface area contributed by atoms with Gasteiger partial charge in [0.1, 0.15) is 5.69 Å². The number of sulfonamides is 1. The second-order valence-corrected chi connectivity index (χ2v) is 10.9. The molecule has 2 aliphatic rings. The van der Waals surface area contributed by atoms with Gasteiger partial charge >= 0.3 is 0 Å². The number of anilines is 1. The summed E-state index contributed by atoms with van der Waals surface area (Å²) >= 11 is 1.17. The Morgan fingerprint density at radius 3 is 2.73 bits per heavy atom.